The molecule has 1 aromatic carbocycles. The van der Waals surface area contributed by atoms with Gasteiger partial charge in [0.05, 0.1) is 12.3 Å². The number of nitrogens with two attached hydrogens (primary N) is 1. The van der Waals surface area contributed by atoms with Crippen molar-refractivity contribution in [1.82, 2.24) is 0 Å². The molecule has 0 bridgehead atoms. The maximum atomic E-state index is 11.9. The predicted molar refractivity (Wildman–Crippen MR) is 104 cm³/mol. The number of phenols is 1. The quantitative estimate of drug-likeness (QED) is 0.266. The Morgan fingerprint density at radius 1 is 1.12 bits per heavy atom. The minimum Gasteiger partial charge on any atom is -0.505 e. The van der Waals surface area contributed by atoms with E-state index in [0.29, 0.717) is 25.1 Å². The van der Waals surface area contributed by atoms with Gasteiger partial charge in [-0.1, -0.05) is 65.9 Å². The topological polar surface area (TPSA) is 72.5 Å². The van der Waals surface area contributed by atoms with Crippen LogP contribution in [0.3, 0.4) is 0 Å². The molecule has 0 radical (unpaired) electrons. The molecule has 0 amide bonds. The van der Waals surface area contributed by atoms with Crippen LogP contribution in [-0.4, -0.2) is 17.7 Å². The van der Waals surface area contributed by atoms with E-state index in [2.05, 4.69) is 6.92 Å². The second-order valence-electron chi connectivity index (χ2n) is 7.82. The van der Waals surface area contributed by atoms with E-state index in [4.69, 9.17) is 10.5 Å². The lowest BCUT2D eigenvalue weighted by molar-refractivity contribution is -0.143. The standard InChI is InChI=1S/C21H35NO3/c1-5-6-7-8-9-10-13-25-19(23)12-11-16-14-17(21(2,3)4)20(24)18(22)15-16/h14-15,24H,5-13,22H2,1-4H3. The molecule has 0 saturated heterocycles. The fourth-order valence-electron chi connectivity index (χ4n) is 2.82. The Labute approximate surface area is 152 Å². The minimum atomic E-state index is -0.202. The summed E-state index contributed by atoms with van der Waals surface area (Å²) in [5, 5.41) is 10.1. The summed E-state index contributed by atoms with van der Waals surface area (Å²) in [5.41, 5.74) is 7.83. The van der Waals surface area contributed by atoms with Gasteiger partial charge in [-0.2, -0.15) is 0 Å². The molecule has 0 aliphatic carbocycles. The Hall–Kier alpha value is -1.71. The summed E-state index contributed by atoms with van der Waals surface area (Å²) in [5.74, 6) is -0.0283. The van der Waals surface area contributed by atoms with Gasteiger partial charge < -0.3 is 15.6 Å². The van der Waals surface area contributed by atoms with Gasteiger partial charge in [0.2, 0.25) is 0 Å². The van der Waals surface area contributed by atoms with E-state index in [-0.39, 0.29) is 17.1 Å². The highest BCUT2D eigenvalue weighted by Gasteiger charge is 2.20. The van der Waals surface area contributed by atoms with Gasteiger partial charge in [0.25, 0.3) is 0 Å². The third-order valence-corrected chi connectivity index (χ3v) is 4.39. The number of benzene rings is 1. The minimum absolute atomic E-state index is 0.141. The van der Waals surface area contributed by atoms with E-state index in [9.17, 15) is 9.90 Å². The van der Waals surface area contributed by atoms with Gasteiger partial charge >= 0.3 is 5.97 Å². The molecule has 3 N–H and O–H groups in total. The van der Waals surface area contributed by atoms with Gasteiger partial charge in [0.1, 0.15) is 5.75 Å². The molecule has 0 spiro atoms. The van der Waals surface area contributed by atoms with E-state index in [1.54, 1.807) is 6.07 Å². The van der Waals surface area contributed by atoms with Crippen molar-refractivity contribution in [2.75, 3.05) is 12.3 Å². The van der Waals surface area contributed by atoms with Gasteiger partial charge in [-0.05, 0) is 29.9 Å². The number of esters is 1. The van der Waals surface area contributed by atoms with E-state index >= 15 is 0 Å². The normalized spacial score (nSPS) is 11.5. The zero-order chi connectivity index (χ0) is 18.9. The van der Waals surface area contributed by atoms with E-state index in [1.165, 1.54) is 25.7 Å². The maximum Gasteiger partial charge on any atom is 0.306 e. The van der Waals surface area contributed by atoms with Crippen LogP contribution in [0.2, 0.25) is 0 Å². The lowest BCUT2D eigenvalue weighted by atomic mass is 9.84. The number of aromatic hydroxyl groups is 1. The average molecular weight is 350 g/mol. The van der Waals surface area contributed by atoms with Crippen LogP contribution in [0, 0.1) is 0 Å². The Kier molecular flexibility index (Phi) is 8.81. The second kappa shape index (κ2) is 10.3. The zero-order valence-electron chi connectivity index (χ0n) is 16.4. The monoisotopic (exact) mass is 349 g/mol. The highest BCUT2D eigenvalue weighted by Crippen LogP contribution is 2.36. The number of unbranched alkanes of at least 4 members (excludes halogenated alkanes) is 5. The van der Waals surface area contributed by atoms with Crippen LogP contribution in [0.25, 0.3) is 0 Å². The van der Waals surface area contributed by atoms with Crippen molar-refractivity contribution in [2.24, 2.45) is 0 Å². The van der Waals surface area contributed by atoms with Crippen LogP contribution in [0.15, 0.2) is 12.1 Å². The number of carbonyl (C=O) groups excluding carboxylic acids is 1. The van der Waals surface area contributed by atoms with Crippen molar-refractivity contribution in [3.63, 3.8) is 0 Å². The molecule has 0 atom stereocenters. The molecule has 4 nitrogen and oxygen atoms in total. The smallest absolute Gasteiger partial charge is 0.306 e. The molecule has 1 rings (SSSR count). The van der Waals surface area contributed by atoms with Crippen molar-refractivity contribution in [2.45, 2.75) is 84.5 Å². The molecular weight excluding hydrogens is 314 g/mol. The Morgan fingerprint density at radius 2 is 1.76 bits per heavy atom. The van der Waals surface area contributed by atoms with Crippen molar-refractivity contribution in [3.8, 4) is 5.75 Å². The van der Waals surface area contributed by atoms with E-state index in [0.717, 1.165) is 24.0 Å². The zero-order valence-corrected chi connectivity index (χ0v) is 16.4. The first-order valence-corrected chi connectivity index (χ1v) is 9.53. The average Bonchev–Trinajstić information content (AvgIpc) is 2.53. The maximum absolute atomic E-state index is 11.9. The summed E-state index contributed by atoms with van der Waals surface area (Å²) in [6, 6.07) is 3.68. The number of carbonyl (C=O) groups is 1. The number of anilines is 1. The fraction of sp³-hybridized carbons (Fsp3) is 0.667. The predicted octanol–water partition coefficient (Wildman–Crippen LogP) is 5.11. The van der Waals surface area contributed by atoms with Gasteiger partial charge in [-0.25, -0.2) is 0 Å². The molecule has 0 aromatic heterocycles. The van der Waals surface area contributed by atoms with Crippen LogP contribution < -0.4 is 5.73 Å². The number of nitrogen functional groups attached to an aromatic ring is 1. The summed E-state index contributed by atoms with van der Waals surface area (Å²) < 4.78 is 5.30. The molecule has 1 aromatic rings. The third kappa shape index (κ3) is 7.80. The SMILES string of the molecule is CCCCCCCCOC(=O)CCc1cc(N)c(O)c(C(C)(C)C)c1. The summed E-state index contributed by atoms with van der Waals surface area (Å²) in [7, 11) is 0. The largest absolute Gasteiger partial charge is 0.505 e. The summed E-state index contributed by atoms with van der Waals surface area (Å²) in [6.45, 7) is 8.80. The van der Waals surface area contributed by atoms with Crippen LogP contribution in [0.4, 0.5) is 5.69 Å². The van der Waals surface area contributed by atoms with Gasteiger partial charge in [0, 0.05) is 12.0 Å². The van der Waals surface area contributed by atoms with Gasteiger partial charge in [0.15, 0.2) is 0 Å². The lowest BCUT2D eigenvalue weighted by Gasteiger charge is -2.22. The Balaban J connectivity index is 2.40. The molecular formula is C21H35NO3. The van der Waals surface area contributed by atoms with Gasteiger partial charge in [-0.15, -0.1) is 0 Å². The number of phenolic OH excluding ortho intramolecular Hbond substituents is 1. The van der Waals surface area contributed by atoms with Gasteiger partial charge in [-0.3, -0.25) is 4.79 Å². The van der Waals surface area contributed by atoms with Crippen LogP contribution in [0.1, 0.15) is 83.8 Å². The van der Waals surface area contributed by atoms with E-state index in [1.807, 2.05) is 26.8 Å². The first kappa shape index (κ1) is 21.3. The van der Waals surface area contributed by atoms with Crippen LogP contribution in [0.5, 0.6) is 5.75 Å². The summed E-state index contributed by atoms with van der Waals surface area (Å²) in [6.07, 6.45) is 7.98. The first-order valence-electron chi connectivity index (χ1n) is 9.53. The molecule has 0 fully saturated rings. The summed E-state index contributed by atoms with van der Waals surface area (Å²) in [4.78, 5) is 11.9. The molecule has 0 aliphatic rings. The molecule has 0 aliphatic heterocycles. The second-order valence-corrected chi connectivity index (χ2v) is 7.82. The van der Waals surface area contributed by atoms with Crippen LogP contribution >= 0.6 is 0 Å². The lowest BCUT2D eigenvalue weighted by Crippen LogP contribution is -2.13. The van der Waals surface area contributed by atoms with E-state index < -0.39 is 0 Å². The molecule has 0 saturated carbocycles. The van der Waals surface area contributed by atoms with Crippen molar-refractivity contribution < 1.29 is 14.6 Å². The number of hydrogen-bond donors (Lipinski definition) is 2. The van der Waals surface area contributed by atoms with Crippen LogP contribution in [-0.2, 0) is 21.4 Å². The molecule has 25 heavy (non-hydrogen) atoms. The number of aryl methyl sites for hydroxylation is 1. The number of rotatable bonds is 10. The number of hydrogen-bond acceptors (Lipinski definition) is 4. The third-order valence-electron chi connectivity index (χ3n) is 4.39. The Bertz CT molecular complexity index is 547. The van der Waals surface area contributed by atoms with Crippen molar-refractivity contribution >= 4 is 11.7 Å². The Morgan fingerprint density at radius 3 is 2.40 bits per heavy atom. The highest BCUT2D eigenvalue weighted by molar-refractivity contribution is 5.70. The van der Waals surface area contributed by atoms with Crippen molar-refractivity contribution in [1.29, 1.82) is 0 Å². The summed E-state index contributed by atoms with van der Waals surface area (Å²) >= 11 is 0. The molecule has 4 heteroatoms. The van der Waals surface area contributed by atoms with Crippen molar-refractivity contribution in [3.05, 3.63) is 23.3 Å². The fourth-order valence-corrected chi connectivity index (χ4v) is 2.82. The first-order chi connectivity index (χ1) is 11.8. The molecule has 0 unspecified atom stereocenters. The highest BCUT2D eigenvalue weighted by atomic mass is 16.5. The molecule has 142 valence electrons. The molecule has 0 heterocycles. The number of ether oxygens (including phenoxy) is 1.